The summed E-state index contributed by atoms with van der Waals surface area (Å²) < 4.78 is 8.83. The van der Waals surface area contributed by atoms with Crippen LogP contribution in [0.1, 0.15) is 29.9 Å². The maximum Gasteiger partial charge on any atom is 0.161 e. The molecule has 0 saturated heterocycles. The molecule has 2 N–H and O–H groups in total. The molecule has 2 rings (SSSR count). The molecule has 0 radical (unpaired) electrons. The molecule has 0 spiro atoms. The Bertz CT molecular complexity index is 543. The van der Waals surface area contributed by atoms with E-state index in [9.17, 15) is 0 Å². The summed E-state index contributed by atoms with van der Waals surface area (Å²) in [7, 11) is 5.38. The molecule has 0 aliphatic carbocycles. The number of hydrogen-bond donors (Lipinski definition) is 1. The Hall–Kier alpha value is -1.82. The van der Waals surface area contributed by atoms with E-state index in [0.717, 1.165) is 23.4 Å². The Balaban J connectivity index is 2.46. The average molecular weight is 249 g/mol. The molecule has 1 atom stereocenters. The maximum absolute atomic E-state index is 6.33. The van der Waals surface area contributed by atoms with Gasteiger partial charge in [-0.05, 0) is 6.42 Å². The van der Waals surface area contributed by atoms with Crippen molar-refractivity contribution < 1.29 is 4.74 Å². The van der Waals surface area contributed by atoms with Crippen LogP contribution >= 0.6 is 0 Å². The number of hydrogen-bond acceptors (Lipinski definition) is 4. The summed E-state index contributed by atoms with van der Waals surface area (Å²) in [5.41, 5.74) is 9.22. The van der Waals surface area contributed by atoms with Crippen LogP contribution in [0.25, 0.3) is 0 Å². The largest absolute Gasteiger partial charge is 0.493 e. The Morgan fingerprint density at radius 2 is 2.17 bits per heavy atom. The second-order valence-corrected chi connectivity index (χ2v) is 4.26. The molecule has 0 fully saturated rings. The fourth-order valence-corrected chi connectivity index (χ4v) is 2.17. The Kier molecular flexibility index (Phi) is 3.38. The lowest BCUT2D eigenvalue weighted by Crippen LogP contribution is -2.17. The molecular formula is C12H19N5O. The summed E-state index contributed by atoms with van der Waals surface area (Å²) >= 11 is 0. The predicted molar refractivity (Wildman–Crippen MR) is 68.4 cm³/mol. The number of methoxy groups -OCH3 is 1. The minimum absolute atomic E-state index is 0.281. The van der Waals surface area contributed by atoms with Gasteiger partial charge in [-0.1, -0.05) is 6.92 Å². The molecule has 2 heterocycles. The van der Waals surface area contributed by atoms with Crippen molar-refractivity contribution in [2.75, 3.05) is 7.11 Å². The number of nitrogens with zero attached hydrogens (tertiary/aromatic N) is 4. The summed E-state index contributed by atoms with van der Waals surface area (Å²) in [6.07, 6.45) is 4.48. The number of ether oxygens (including phenoxy) is 1. The normalized spacial score (nSPS) is 12.7. The van der Waals surface area contributed by atoms with Crippen LogP contribution in [0.15, 0.2) is 12.4 Å². The molecule has 2 aromatic heterocycles. The van der Waals surface area contributed by atoms with Crippen molar-refractivity contribution in [2.45, 2.75) is 19.4 Å². The van der Waals surface area contributed by atoms with Crippen LogP contribution in [0.5, 0.6) is 5.75 Å². The SMILES string of the molecule is CCc1nn(C)cc1C(N)c1c(OC)cnn1C. The van der Waals surface area contributed by atoms with Gasteiger partial charge in [0.1, 0.15) is 5.69 Å². The molecule has 2 aromatic rings. The van der Waals surface area contributed by atoms with Crippen LogP contribution in [0.4, 0.5) is 0 Å². The summed E-state index contributed by atoms with van der Waals surface area (Å²) in [4.78, 5) is 0. The van der Waals surface area contributed by atoms with E-state index in [2.05, 4.69) is 17.1 Å². The molecule has 1 unspecified atom stereocenters. The molecule has 6 heteroatoms. The van der Waals surface area contributed by atoms with E-state index in [1.165, 1.54) is 0 Å². The summed E-state index contributed by atoms with van der Waals surface area (Å²) in [6, 6.07) is -0.281. The highest BCUT2D eigenvalue weighted by Crippen LogP contribution is 2.29. The van der Waals surface area contributed by atoms with Gasteiger partial charge in [0.25, 0.3) is 0 Å². The van der Waals surface area contributed by atoms with E-state index >= 15 is 0 Å². The van der Waals surface area contributed by atoms with Gasteiger partial charge >= 0.3 is 0 Å². The first-order valence-corrected chi connectivity index (χ1v) is 5.92. The zero-order valence-corrected chi connectivity index (χ0v) is 11.2. The van der Waals surface area contributed by atoms with E-state index < -0.39 is 0 Å². The molecule has 6 nitrogen and oxygen atoms in total. The highest BCUT2D eigenvalue weighted by Gasteiger charge is 2.22. The third-order valence-corrected chi connectivity index (χ3v) is 3.07. The molecule has 0 aliphatic heterocycles. The van der Waals surface area contributed by atoms with Crippen molar-refractivity contribution in [1.82, 2.24) is 19.6 Å². The van der Waals surface area contributed by atoms with Crippen LogP contribution in [-0.2, 0) is 20.5 Å². The molecule has 0 bridgehead atoms. The van der Waals surface area contributed by atoms with Crippen LogP contribution < -0.4 is 10.5 Å². The minimum atomic E-state index is -0.281. The minimum Gasteiger partial charge on any atom is -0.493 e. The number of aromatic nitrogens is 4. The monoisotopic (exact) mass is 249 g/mol. The van der Waals surface area contributed by atoms with E-state index in [0.29, 0.717) is 5.75 Å². The highest BCUT2D eigenvalue weighted by atomic mass is 16.5. The van der Waals surface area contributed by atoms with Crippen molar-refractivity contribution in [3.63, 3.8) is 0 Å². The third-order valence-electron chi connectivity index (χ3n) is 3.07. The topological polar surface area (TPSA) is 70.9 Å². The smallest absolute Gasteiger partial charge is 0.161 e. The summed E-state index contributed by atoms with van der Waals surface area (Å²) in [5.74, 6) is 0.705. The van der Waals surface area contributed by atoms with Gasteiger partial charge in [-0.2, -0.15) is 10.2 Å². The third kappa shape index (κ3) is 1.99. The van der Waals surface area contributed by atoms with Crippen LogP contribution in [-0.4, -0.2) is 26.7 Å². The number of nitrogens with two attached hydrogens (primary N) is 1. The van der Waals surface area contributed by atoms with E-state index in [1.807, 2.05) is 20.3 Å². The van der Waals surface area contributed by atoms with Crippen molar-refractivity contribution in [3.05, 3.63) is 29.3 Å². The van der Waals surface area contributed by atoms with Gasteiger partial charge in [0.05, 0.1) is 25.0 Å². The zero-order valence-electron chi connectivity index (χ0n) is 11.2. The van der Waals surface area contributed by atoms with Gasteiger partial charge in [-0.25, -0.2) is 0 Å². The van der Waals surface area contributed by atoms with Crippen molar-refractivity contribution in [1.29, 1.82) is 0 Å². The number of aryl methyl sites for hydroxylation is 3. The quantitative estimate of drug-likeness (QED) is 0.869. The van der Waals surface area contributed by atoms with E-state index in [1.54, 1.807) is 22.7 Å². The van der Waals surface area contributed by atoms with Crippen LogP contribution in [0.2, 0.25) is 0 Å². The van der Waals surface area contributed by atoms with Crippen molar-refractivity contribution in [2.24, 2.45) is 19.8 Å². The van der Waals surface area contributed by atoms with Crippen LogP contribution in [0, 0.1) is 0 Å². The van der Waals surface area contributed by atoms with Gasteiger partial charge in [-0.3, -0.25) is 9.36 Å². The molecule has 0 aromatic carbocycles. The fraction of sp³-hybridized carbons (Fsp3) is 0.500. The first kappa shape index (κ1) is 12.6. The second kappa shape index (κ2) is 4.81. The molecule has 0 aliphatic rings. The second-order valence-electron chi connectivity index (χ2n) is 4.26. The van der Waals surface area contributed by atoms with Gasteiger partial charge in [0, 0.05) is 25.9 Å². The predicted octanol–water partition coefficient (Wildman–Crippen LogP) is 0.773. The Labute approximate surface area is 106 Å². The lowest BCUT2D eigenvalue weighted by molar-refractivity contribution is 0.406. The highest BCUT2D eigenvalue weighted by molar-refractivity contribution is 5.37. The molecule has 0 saturated carbocycles. The van der Waals surface area contributed by atoms with Gasteiger partial charge in [0.2, 0.25) is 0 Å². The van der Waals surface area contributed by atoms with Crippen molar-refractivity contribution in [3.8, 4) is 5.75 Å². The Morgan fingerprint density at radius 1 is 1.44 bits per heavy atom. The first-order valence-electron chi connectivity index (χ1n) is 5.92. The van der Waals surface area contributed by atoms with Gasteiger partial charge in [-0.15, -0.1) is 0 Å². The van der Waals surface area contributed by atoms with Crippen molar-refractivity contribution >= 4 is 0 Å². The fourth-order valence-electron chi connectivity index (χ4n) is 2.17. The molecule has 0 amide bonds. The lowest BCUT2D eigenvalue weighted by Gasteiger charge is -2.13. The standard InChI is InChI=1S/C12H19N5O/c1-5-9-8(7-16(2)15-9)11(13)12-10(18-4)6-14-17(12)3/h6-7,11H,5,13H2,1-4H3. The summed E-state index contributed by atoms with van der Waals surface area (Å²) in [5, 5.41) is 8.59. The molecule has 98 valence electrons. The summed E-state index contributed by atoms with van der Waals surface area (Å²) in [6.45, 7) is 2.07. The molecular weight excluding hydrogens is 230 g/mol. The Morgan fingerprint density at radius 3 is 2.78 bits per heavy atom. The zero-order chi connectivity index (χ0) is 13.3. The maximum atomic E-state index is 6.33. The van der Waals surface area contributed by atoms with E-state index in [-0.39, 0.29) is 6.04 Å². The average Bonchev–Trinajstić information content (AvgIpc) is 2.91. The number of rotatable bonds is 4. The lowest BCUT2D eigenvalue weighted by atomic mass is 10.0. The molecule has 18 heavy (non-hydrogen) atoms. The van der Waals surface area contributed by atoms with Gasteiger partial charge in [0.15, 0.2) is 5.75 Å². The van der Waals surface area contributed by atoms with Gasteiger partial charge < -0.3 is 10.5 Å². The van der Waals surface area contributed by atoms with E-state index in [4.69, 9.17) is 10.5 Å². The van der Waals surface area contributed by atoms with Crippen LogP contribution in [0.3, 0.4) is 0 Å². The first-order chi connectivity index (χ1) is 8.58.